The number of hydrogen-bond donors (Lipinski definition) is 0. The summed E-state index contributed by atoms with van der Waals surface area (Å²) in [6, 6.07) is 103. The number of benzene rings is 13. The van der Waals surface area contributed by atoms with E-state index >= 15 is 0 Å². The minimum atomic E-state index is -0.352. The van der Waals surface area contributed by atoms with E-state index in [1.54, 1.807) is 0 Å². The van der Waals surface area contributed by atoms with E-state index in [4.69, 9.17) is 0 Å². The molecule has 16 rings (SSSR count). The van der Waals surface area contributed by atoms with Crippen LogP contribution in [-0.2, 0) is 5.41 Å². The molecule has 0 amide bonds. The maximum absolute atomic E-state index is 2.49. The Bertz CT molecular complexity index is 4840. The topological polar surface area (TPSA) is 16.3 Å². The molecule has 0 radical (unpaired) electrons. The Balaban J connectivity index is 0.861. The van der Waals surface area contributed by atoms with Gasteiger partial charge in [0.05, 0.1) is 50.5 Å². The van der Waals surface area contributed by atoms with E-state index in [9.17, 15) is 0 Å². The van der Waals surface area contributed by atoms with Gasteiger partial charge in [-0.1, -0.05) is 202 Å². The summed E-state index contributed by atoms with van der Waals surface area (Å²) in [5, 5.41) is 12.3. The van der Waals surface area contributed by atoms with Crippen molar-refractivity contribution in [1.82, 2.24) is 9.13 Å². The van der Waals surface area contributed by atoms with Gasteiger partial charge in [0.2, 0.25) is 0 Å². The number of anilines is 6. The maximum atomic E-state index is 2.49. The monoisotopic (exact) mass is 1010 g/mol. The molecule has 0 unspecified atom stereocenters. The largest absolute Gasteiger partial charge is 0.310 e. The first-order valence-corrected chi connectivity index (χ1v) is 27.4. The van der Waals surface area contributed by atoms with Gasteiger partial charge in [0.25, 0.3) is 0 Å². The van der Waals surface area contributed by atoms with Crippen molar-refractivity contribution in [1.29, 1.82) is 0 Å². The highest BCUT2D eigenvalue weighted by Crippen LogP contribution is 2.54. The van der Waals surface area contributed by atoms with Crippen LogP contribution in [0.3, 0.4) is 0 Å². The highest BCUT2D eigenvalue weighted by atomic mass is 15.2. The van der Waals surface area contributed by atoms with Gasteiger partial charge < -0.3 is 18.9 Å². The molecule has 0 spiro atoms. The van der Waals surface area contributed by atoms with E-state index in [2.05, 4.69) is 312 Å². The predicted molar refractivity (Wildman–Crippen MR) is 335 cm³/mol. The van der Waals surface area contributed by atoms with Crippen molar-refractivity contribution in [2.24, 2.45) is 0 Å². The highest BCUT2D eigenvalue weighted by Gasteiger charge is 2.36. The first kappa shape index (κ1) is 45.1. The van der Waals surface area contributed by atoms with Crippen LogP contribution >= 0.6 is 0 Å². The van der Waals surface area contributed by atoms with Gasteiger partial charge in [0, 0.05) is 71.0 Å². The van der Waals surface area contributed by atoms with Gasteiger partial charge in [0.15, 0.2) is 0 Å². The van der Waals surface area contributed by atoms with Crippen molar-refractivity contribution in [3.63, 3.8) is 0 Å². The fourth-order valence-corrected chi connectivity index (χ4v) is 13.6. The average Bonchev–Trinajstić information content (AvgIpc) is 4.18. The molecule has 0 aliphatic heterocycles. The van der Waals surface area contributed by atoms with Crippen molar-refractivity contribution in [2.45, 2.75) is 19.3 Å². The lowest BCUT2D eigenvalue weighted by atomic mass is 9.68. The first-order valence-electron chi connectivity index (χ1n) is 27.4. The van der Waals surface area contributed by atoms with Crippen LogP contribution in [0.4, 0.5) is 34.1 Å². The molecular formula is C75H52N4. The van der Waals surface area contributed by atoms with E-state index in [-0.39, 0.29) is 5.41 Å². The Hall–Kier alpha value is -10.2. The molecule has 2 heterocycles. The predicted octanol–water partition coefficient (Wildman–Crippen LogP) is 20.6. The SMILES string of the molecule is CC1(C)c2cc(N(c3ccccc3)c3ccc(-n4c5ccccc5c5ccccc54)c4ccccc34)ccc2-c2ccc(N(c3ccccc3)c3ccc(-n4c5ccccc5c5ccccc54)c4ccccc34)c3cccc1c23. The molecule has 1 aliphatic rings. The second kappa shape index (κ2) is 17.4. The Morgan fingerprint density at radius 1 is 0.266 bits per heavy atom. The third-order valence-electron chi connectivity index (χ3n) is 17.1. The molecule has 4 heteroatoms. The summed E-state index contributed by atoms with van der Waals surface area (Å²) in [5.74, 6) is 0. The molecule has 2 aromatic heterocycles. The van der Waals surface area contributed by atoms with Gasteiger partial charge in [-0.05, 0) is 119 Å². The third-order valence-corrected chi connectivity index (χ3v) is 17.1. The van der Waals surface area contributed by atoms with E-state index < -0.39 is 0 Å². The molecular weight excluding hydrogens is 957 g/mol. The summed E-state index contributed by atoms with van der Waals surface area (Å²) in [5.41, 5.74) is 18.6. The van der Waals surface area contributed by atoms with Crippen LogP contribution in [-0.4, -0.2) is 9.13 Å². The first-order chi connectivity index (χ1) is 39.0. The summed E-state index contributed by atoms with van der Waals surface area (Å²) in [4.78, 5) is 4.95. The quantitative estimate of drug-likeness (QED) is 0.151. The fraction of sp³-hybridized carbons (Fsp3) is 0.0400. The van der Waals surface area contributed by atoms with Crippen LogP contribution in [0.5, 0.6) is 0 Å². The Morgan fingerprint density at radius 2 is 0.646 bits per heavy atom. The maximum Gasteiger partial charge on any atom is 0.0542 e. The summed E-state index contributed by atoms with van der Waals surface area (Å²) in [6.07, 6.45) is 0. The van der Waals surface area contributed by atoms with Crippen LogP contribution in [0.2, 0.25) is 0 Å². The second-order valence-corrected chi connectivity index (χ2v) is 21.6. The third kappa shape index (κ3) is 6.68. The zero-order valence-electron chi connectivity index (χ0n) is 43.8. The lowest BCUT2D eigenvalue weighted by Crippen LogP contribution is -2.24. The molecule has 0 saturated heterocycles. The smallest absolute Gasteiger partial charge is 0.0542 e. The van der Waals surface area contributed by atoms with E-state index in [0.717, 1.165) is 45.5 Å². The van der Waals surface area contributed by atoms with Crippen molar-refractivity contribution in [3.8, 4) is 22.5 Å². The number of fused-ring (bicyclic) bond motifs is 10. The highest BCUT2D eigenvalue weighted by molar-refractivity contribution is 6.16. The summed E-state index contributed by atoms with van der Waals surface area (Å²) < 4.78 is 4.89. The molecule has 79 heavy (non-hydrogen) atoms. The van der Waals surface area contributed by atoms with Crippen LogP contribution in [0.1, 0.15) is 25.0 Å². The van der Waals surface area contributed by atoms with Crippen LogP contribution in [0, 0.1) is 0 Å². The van der Waals surface area contributed by atoms with Crippen molar-refractivity contribution >= 4 is 110 Å². The van der Waals surface area contributed by atoms with Gasteiger partial charge in [-0.3, -0.25) is 0 Å². The minimum absolute atomic E-state index is 0.352. The number of aromatic nitrogens is 2. The van der Waals surface area contributed by atoms with Gasteiger partial charge in [-0.2, -0.15) is 0 Å². The molecule has 0 fully saturated rings. The number of rotatable bonds is 8. The van der Waals surface area contributed by atoms with E-state index in [0.29, 0.717) is 0 Å². The van der Waals surface area contributed by atoms with Gasteiger partial charge in [-0.15, -0.1) is 0 Å². The number of nitrogens with zero attached hydrogens (tertiary/aromatic N) is 4. The second-order valence-electron chi connectivity index (χ2n) is 21.6. The Labute approximate surface area is 458 Å². The van der Waals surface area contributed by atoms with Gasteiger partial charge in [-0.25, -0.2) is 0 Å². The molecule has 15 aromatic rings. The zero-order valence-corrected chi connectivity index (χ0v) is 43.8. The Kier molecular flexibility index (Phi) is 9.95. The van der Waals surface area contributed by atoms with Crippen molar-refractivity contribution < 1.29 is 0 Å². The molecule has 0 N–H and O–H groups in total. The van der Waals surface area contributed by atoms with E-state index in [1.807, 2.05) is 0 Å². The van der Waals surface area contributed by atoms with Crippen molar-refractivity contribution in [3.05, 3.63) is 290 Å². The molecule has 4 nitrogen and oxygen atoms in total. The van der Waals surface area contributed by atoms with Gasteiger partial charge >= 0.3 is 0 Å². The lowest BCUT2D eigenvalue weighted by Gasteiger charge is -2.38. The zero-order chi connectivity index (χ0) is 52.3. The lowest BCUT2D eigenvalue weighted by molar-refractivity contribution is 0.645. The molecule has 372 valence electrons. The number of para-hydroxylation sites is 6. The molecule has 0 bridgehead atoms. The molecule has 1 aliphatic carbocycles. The van der Waals surface area contributed by atoms with Crippen LogP contribution < -0.4 is 9.80 Å². The molecule has 0 atom stereocenters. The molecule has 0 saturated carbocycles. The standard InChI is InChI=1S/C75H52N4/c1-75(2)63-35-21-34-62-73(77(50-24-7-4-8-25-50)70-45-47-72(60-29-12-10-27-58(60)70)79-67-38-19-15-32-55(67)56-33-16-20-39-68(56)79)43-42-61(74(62)63)52-41-40-51(48-64(52)75)76(49-22-5-3-6-23-49)69-44-46-71(59-28-11-9-26-57(59)69)78-65-36-17-13-30-53(65)54-31-14-18-37-66(54)78/h3-48H,1-2H3. The summed E-state index contributed by atoms with van der Waals surface area (Å²) >= 11 is 0. The summed E-state index contributed by atoms with van der Waals surface area (Å²) in [6.45, 7) is 4.83. The van der Waals surface area contributed by atoms with Crippen LogP contribution in [0.25, 0.3) is 98.4 Å². The normalized spacial score (nSPS) is 12.8. The Morgan fingerprint density at radius 3 is 1.15 bits per heavy atom. The minimum Gasteiger partial charge on any atom is -0.310 e. The van der Waals surface area contributed by atoms with E-state index in [1.165, 1.54) is 98.2 Å². The van der Waals surface area contributed by atoms with Crippen LogP contribution in [0.15, 0.2) is 279 Å². The van der Waals surface area contributed by atoms with Crippen molar-refractivity contribution in [2.75, 3.05) is 9.80 Å². The summed E-state index contributed by atoms with van der Waals surface area (Å²) in [7, 11) is 0. The fourth-order valence-electron chi connectivity index (χ4n) is 13.6. The average molecular weight is 1010 g/mol. The van der Waals surface area contributed by atoms with Gasteiger partial charge in [0.1, 0.15) is 0 Å². The number of hydrogen-bond acceptors (Lipinski definition) is 2. The molecule has 13 aromatic carbocycles.